The molecule has 0 saturated carbocycles. The average molecular weight is 1590 g/mol. The summed E-state index contributed by atoms with van der Waals surface area (Å²) in [6.07, 6.45) is -5.14. The molecule has 36 heteroatoms. The van der Waals surface area contributed by atoms with Crippen molar-refractivity contribution in [2.45, 2.75) is 357 Å². The Morgan fingerprint density at radius 1 is 0.295 bits per heavy atom. The molecule has 5 radical (unpaired) electrons. The minimum absolute atomic E-state index is 0.0161. The molecule has 8 rings (SSSR count). The van der Waals surface area contributed by atoms with Crippen molar-refractivity contribution < 1.29 is 93.2 Å². The summed E-state index contributed by atoms with van der Waals surface area (Å²) in [4.78, 5) is 0. The van der Waals surface area contributed by atoms with E-state index in [1.54, 1.807) is 28.9 Å². The lowest BCUT2D eigenvalue weighted by atomic mass is 9.77. The smallest absolute Gasteiger partial charge is 0.335 e. The number of hydrogen-bond donors (Lipinski definition) is 11. The highest BCUT2D eigenvalue weighted by Crippen LogP contribution is 2.52. The monoisotopic (exact) mass is 1590 g/mol. The molecule has 8 aliphatic rings. The van der Waals surface area contributed by atoms with Crippen LogP contribution in [0.4, 0.5) is 0 Å². The average Bonchev–Trinajstić information content (AvgIpc) is 1.75. The third kappa shape index (κ3) is 22.2. The topological polar surface area (TPSA) is 311 Å². The second-order valence-electron chi connectivity index (χ2n) is 34.0. The molecule has 11 N–H and O–H groups in total. The van der Waals surface area contributed by atoms with Crippen LogP contribution in [0.3, 0.4) is 0 Å². The van der Waals surface area contributed by atoms with Gasteiger partial charge in [-0.15, -0.1) is 0 Å². The second-order valence-corrected chi connectivity index (χ2v) is 60.6. The number of fused-ring (bicyclic) bond motifs is 3. The number of nitrogens with one attached hydrogen (secondary N) is 5. The number of rotatable bonds is 24. The molecule has 0 aromatic rings. The summed E-state index contributed by atoms with van der Waals surface area (Å²) >= 11 is 0. The van der Waals surface area contributed by atoms with Gasteiger partial charge in [-0.05, 0) is 102 Å². The SMILES string of the molecule is CN[B][C@@H]1O[C@@H]2CO[Si](C(C)C)(C(C)C)O[Si](C(C)C)(C(C)C)O[C@@H]2C1C.CN[B][C@@H]1O[C@@H]2CO[Si](C(C)C)(C(C)C)O[Si](C(C)C)(C(C)C)O[C@@H]2C1C.CN[B][C@@H]1O[C@@H]2CO[Si](C(C)C)(C(C)C)O[Si](C(C)C)(C(C)C)O[C@@H]2C1O.CN[B][C@@H]1O[C@H](CO)[C@H](O)C1C.CN[B][C@@H]1O[C@H](CO)[C@H](O)C1O. The van der Waals surface area contributed by atoms with Gasteiger partial charge in [-0.1, -0.05) is 187 Å². The van der Waals surface area contributed by atoms with Crippen LogP contribution in [0.2, 0.25) is 66.5 Å². The van der Waals surface area contributed by atoms with Crippen molar-refractivity contribution >= 4 is 88.4 Å². The van der Waals surface area contributed by atoms with Crippen LogP contribution in [0.1, 0.15) is 187 Å². The lowest BCUT2D eigenvalue weighted by Gasteiger charge is -2.51. The van der Waals surface area contributed by atoms with Crippen LogP contribution in [-0.2, 0) is 62.6 Å². The maximum atomic E-state index is 10.9. The van der Waals surface area contributed by atoms with Gasteiger partial charge < -0.3 is 119 Å². The van der Waals surface area contributed by atoms with E-state index in [1.165, 1.54) is 7.41 Å². The molecule has 0 bridgehead atoms. The highest BCUT2D eigenvalue weighted by molar-refractivity contribution is 6.85. The Morgan fingerprint density at radius 3 is 0.781 bits per heavy atom. The molecule has 25 nitrogen and oxygen atoms in total. The molecular formula is C69H149B5N5O20Si6. The van der Waals surface area contributed by atoms with Gasteiger partial charge in [-0.3, -0.25) is 0 Å². The molecule has 8 heterocycles. The molecule has 0 aliphatic carbocycles. The molecule has 0 spiro atoms. The van der Waals surface area contributed by atoms with Crippen LogP contribution in [-0.4, -0.2) is 291 Å². The van der Waals surface area contributed by atoms with Gasteiger partial charge in [0.05, 0.1) is 63.4 Å². The quantitative estimate of drug-likeness (QED) is 0.0435. The van der Waals surface area contributed by atoms with E-state index >= 15 is 0 Å². The maximum absolute atomic E-state index is 10.9. The molecule has 20 atom stereocenters. The first-order valence-corrected chi connectivity index (χ1v) is 51.6. The molecule has 8 aliphatic heterocycles. The molecule has 0 amide bonds. The predicted octanol–water partition coefficient (Wildman–Crippen LogP) is 6.96. The fourth-order valence-electron chi connectivity index (χ4n) is 16.6. The lowest BCUT2D eigenvalue weighted by molar-refractivity contribution is -0.0321. The lowest BCUT2D eigenvalue weighted by Crippen LogP contribution is -2.65. The van der Waals surface area contributed by atoms with Gasteiger partial charge in [0.15, 0.2) is 0 Å². The van der Waals surface area contributed by atoms with Gasteiger partial charge in [0.2, 0.25) is 37.1 Å². The Morgan fingerprint density at radius 2 is 0.524 bits per heavy atom. The first-order valence-electron chi connectivity index (χ1n) is 39.7. The fraction of sp³-hybridized carbons (Fsp3) is 1.00. The van der Waals surface area contributed by atoms with Gasteiger partial charge >= 0.3 is 51.4 Å². The molecule has 609 valence electrons. The van der Waals surface area contributed by atoms with Crippen molar-refractivity contribution in [2.24, 2.45) is 17.8 Å². The van der Waals surface area contributed by atoms with E-state index < -0.39 is 106 Å². The standard InChI is InChI=1S/2C19H41BNO4Si2.C18H39BNO5Si2.C7H15BNO3.C6H13BNO4/c2*1-12(2)26(13(3)4)22-11-17-18(16(9)19(23-17)20-21-10)24-27(25-26,14(5)6)15(7)8;1-11(2)26(12(3)4)22-10-15-17(16(21)18(23-15)19-20-9)24-27(25-26,13(5)6)14(7)8;1-4-6(11)5(3-10)12-7(4)8-9-2;1-8-7-6-5(11)4(10)3(2-9)12-6/h2*12-19,21H,11H2,1-10H3;11-18,20-21H,10H2,1-9H3;4-7,9-11H,3H2,1-2H3;3-6,8-11H,2H2,1H3/t2*16?,17-,18-,19-;15-,16?,17+,18-;4?,5-,6-,7-;3-,4+,5?,6-/m11111/s1. The van der Waals surface area contributed by atoms with Crippen molar-refractivity contribution in [2.75, 3.05) is 68.3 Å². The Kier molecular flexibility index (Phi) is 40.1. The van der Waals surface area contributed by atoms with Crippen LogP contribution in [0.5, 0.6) is 0 Å². The summed E-state index contributed by atoms with van der Waals surface area (Å²) in [5.41, 5.74) is 3.93. The van der Waals surface area contributed by atoms with Crippen molar-refractivity contribution in [3.05, 3.63) is 0 Å². The van der Waals surface area contributed by atoms with Crippen LogP contribution in [0.25, 0.3) is 0 Å². The largest absolute Gasteiger partial charge is 0.414 e. The van der Waals surface area contributed by atoms with Crippen LogP contribution < -0.4 is 26.1 Å². The fourth-order valence-corrected chi connectivity index (χ4v) is 50.4. The molecule has 105 heavy (non-hydrogen) atoms. The van der Waals surface area contributed by atoms with E-state index in [0.717, 1.165) is 0 Å². The minimum Gasteiger partial charge on any atom is -0.414 e. The molecule has 8 fully saturated rings. The Hall–Kier alpha value is 0.626. The number of aliphatic hydroxyl groups is 6. The van der Waals surface area contributed by atoms with Gasteiger partial charge in [-0.25, -0.2) is 0 Å². The number of ether oxygens (including phenoxy) is 5. The zero-order valence-electron chi connectivity index (χ0n) is 70.8. The first kappa shape index (κ1) is 98.0. The van der Waals surface area contributed by atoms with Crippen molar-refractivity contribution in [3.8, 4) is 0 Å². The zero-order chi connectivity index (χ0) is 80.0. The minimum atomic E-state index is -2.70. The molecule has 0 aromatic heterocycles. The van der Waals surface area contributed by atoms with Crippen LogP contribution in [0.15, 0.2) is 0 Å². The third-order valence-electron chi connectivity index (χ3n) is 23.0. The van der Waals surface area contributed by atoms with Gasteiger partial charge in [0.1, 0.15) is 54.9 Å². The van der Waals surface area contributed by atoms with E-state index in [9.17, 15) is 20.4 Å². The van der Waals surface area contributed by atoms with Gasteiger partial charge in [-0.2, -0.15) is 0 Å². The molecule has 8 saturated heterocycles. The zero-order valence-corrected chi connectivity index (χ0v) is 76.8. The van der Waals surface area contributed by atoms with Crippen molar-refractivity contribution in [1.29, 1.82) is 0 Å². The summed E-state index contributed by atoms with van der Waals surface area (Å²) in [7, 11) is 3.00. The summed E-state index contributed by atoms with van der Waals surface area (Å²) in [6, 6.07) is -1.00. The molecule has 0 aromatic carbocycles. The third-order valence-corrected chi connectivity index (χ3v) is 53.8. The predicted molar refractivity (Wildman–Crippen MR) is 434 cm³/mol. The molecular weight excluding hydrogens is 1440 g/mol. The Labute approximate surface area is 646 Å². The van der Waals surface area contributed by atoms with E-state index in [0.29, 0.717) is 75.2 Å². The number of aliphatic hydroxyl groups excluding tert-OH is 6. The summed E-state index contributed by atoms with van der Waals surface area (Å²) < 4.78 is 92.0. The van der Waals surface area contributed by atoms with Crippen molar-refractivity contribution in [3.63, 3.8) is 0 Å². The number of hydrogen-bond acceptors (Lipinski definition) is 25. The normalized spacial score (nSPS) is 35.3. The van der Waals surface area contributed by atoms with E-state index in [-0.39, 0.29) is 90.6 Å². The first-order chi connectivity index (χ1) is 48.9. The molecule has 5 unspecified atom stereocenters. The van der Waals surface area contributed by atoms with E-state index in [2.05, 4.69) is 206 Å². The Balaban J connectivity index is 0.000000288. The summed E-state index contributed by atoms with van der Waals surface area (Å²) in [5, 5.41) is 71.4. The summed E-state index contributed by atoms with van der Waals surface area (Å²) in [6.45, 7) is 61.1. The highest BCUT2D eigenvalue weighted by Gasteiger charge is 2.65. The summed E-state index contributed by atoms with van der Waals surface area (Å²) in [5.74, 6) is 0.576. The second kappa shape index (κ2) is 43.0. The van der Waals surface area contributed by atoms with E-state index in [1.807, 2.05) is 42.9 Å². The van der Waals surface area contributed by atoms with Gasteiger partial charge in [0, 0.05) is 35.8 Å². The Bertz CT molecular complexity index is 2200. The van der Waals surface area contributed by atoms with Gasteiger partial charge in [0.25, 0.3) is 0 Å². The van der Waals surface area contributed by atoms with Crippen LogP contribution in [0, 0.1) is 17.8 Å². The van der Waals surface area contributed by atoms with Crippen LogP contribution >= 0.6 is 0 Å². The van der Waals surface area contributed by atoms with E-state index in [4.69, 9.17) is 72.8 Å². The van der Waals surface area contributed by atoms with Crippen molar-refractivity contribution in [1.82, 2.24) is 26.1 Å². The highest BCUT2D eigenvalue weighted by atomic mass is 28.5. The maximum Gasteiger partial charge on any atom is 0.335 e.